The Morgan fingerprint density at radius 1 is 0.580 bits per heavy atom. The molecule has 6 nitrogen and oxygen atoms in total. The number of para-hydroxylation sites is 4. The van der Waals surface area contributed by atoms with E-state index in [1.165, 1.54) is 6.07 Å². The van der Waals surface area contributed by atoms with Crippen LogP contribution in [-0.4, -0.2) is 21.1 Å². The van der Waals surface area contributed by atoms with Crippen molar-refractivity contribution in [2.75, 3.05) is 9.62 Å². The van der Waals surface area contributed by atoms with Crippen LogP contribution in [0.3, 0.4) is 0 Å². The van der Waals surface area contributed by atoms with Gasteiger partial charge in [0.15, 0.2) is 0 Å². The number of imidazole rings is 1. The summed E-state index contributed by atoms with van der Waals surface area (Å²) in [6, 6.07) is 74.4. The fraction of sp³-hybridized carbons (Fsp3) is 0.0959. The molecule has 8 heteroatoms. The Hall–Kier alpha value is -9.03. The van der Waals surface area contributed by atoms with Crippen molar-refractivity contribution in [3.63, 3.8) is 0 Å². The molecule has 2 aromatic heterocycles. The van der Waals surface area contributed by atoms with Gasteiger partial charge in [-0.1, -0.05) is 42.5 Å². The number of rotatable bonds is 11. The summed E-state index contributed by atoms with van der Waals surface area (Å²) in [4.78, 5) is 9.25. The van der Waals surface area contributed by atoms with E-state index in [2.05, 4.69) is 58.3 Å². The zero-order chi connectivity index (χ0) is 65.5. The van der Waals surface area contributed by atoms with Gasteiger partial charge in [0.2, 0.25) is 0 Å². The molecule has 0 aliphatic carbocycles. The standard InChI is InChI=1S/C73H58BN5O.Pt/c1-50-24-20-30-55(42-50)63-36-23-37-64(57-45-56(53-26-10-7-11-27-53)46-58(47-57)73(4,5)6)71(63)77-49-76(65-38-16-17-39-66(65)77)60-33-22-35-62(48-60)80-72-70(54-28-12-8-13-29-54)52(3)44-69(75-72)79-68-41-19-18-40-67(68)78(61-34-21-25-51(2)43-61)74(79)59-31-14-9-15-32-59;/h7-40,42-47H,1-6H3;/q-2;/i1D3,2D3,3D3,23D,36D,37D;. The third-order valence-corrected chi connectivity index (χ3v) is 15.6. The predicted octanol–water partition coefficient (Wildman–Crippen LogP) is 17.9. The third-order valence-electron chi connectivity index (χ3n) is 14.6. The van der Waals surface area contributed by atoms with Crippen LogP contribution >= 0.6 is 0 Å². The molecule has 0 saturated heterocycles. The van der Waals surface area contributed by atoms with Crippen LogP contribution in [0, 0.1) is 36.5 Å². The van der Waals surface area contributed by atoms with E-state index in [4.69, 9.17) is 17.9 Å². The summed E-state index contributed by atoms with van der Waals surface area (Å²) in [7, 11) is 0. The van der Waals surface area contributed by atoms with Gasteiger partial charge >= 0.3 is 411 Å². The first kappa shape index (κ1) is 39.4. The van der Waals surface area contributed by atoms with E-state index in [0.717, 1.165) is 22.2 Å². The SMILES string of the molecule is [2H]c1c([2H])c(-c2cccc(C([2H])([2H])[2H])c2)c(-n2[c](=[Pt])n(-c3[c-]c(Oc4nc(N5B(c6ccccc6)N(c6cccc(C([2H])([2H])[2H])c6)c6ccc[c-]c65)cc(C([2H])([2H])[2H])c4-c4ccccc4)ccc3)c3ccccc32)c(-c2cc(-c3ccccc3)cc(C(C)(C)C)c2)c1[2H]. The van der Waals surface area contributed by atoms with Gasteiger partial charge in [0.1, 0.15) is 0 Å². The molecule has 0 fully saturated rings. The van der Waals surface area contributed by atoms with Crippen molar-refractivity contribution in [2.24, 2.45) is 0 Å². The van der Waals surface area contributed by atoms with Gasteiger partial charge in [0, 0.05) is 9.80 Å². The number of aryl methyl sites for hydroxylation is 3. The van der Waals surface area contributed by atoms with Crippen LogP contribution in [0.5, 0.6) is 11.6 Å². The topological polar surface area (TPSA) is 38.5 Å². The van der Waals surface area contributed by atoms with Crippen molar-refractivity contribution in [1.29, 1.82) is 0 Å². The summed E-state index contributed by atoms with van der Waals surface area (Å²) in [5.41, 5.74) is 9.62. The Bertz CT molecular complexity index is 4930. The number of ether oxygens (including phenoxy) is 1. The van der Waals surface area contributed by atoms with Gasteiger partial charge in [-0.15, -0.1) is 6.07 Å². The molecular weight excluding hydrogens is 1170 g/mol. The van der Waals surface area contributed by atoms with E-state index >= 15 is 0 Å². The van der Waals surface area contributed by atoms with Crippen molar-refractivity contribution in [1.82, 2.24) is 14.1 Å². The maximum absolute atomic E-state index is 10.0. The Morgan fingerprint density at radius 3 is 1.98 bits per heavy atom. The van der Waals surface area contributed by atoms with E-state index in [-0.39, 0.29) is 68.8 Å². The minimum atomic E-state index is -2.74. The molecule has 1 aliphatic heterocycles. The van der Waals surface area contributed by atoms with E-state index in [0.29, 0.717) is 65.5 Å². The molecular formula is C73H58BN5OPt-2. The van der Waals surface area contributed by atoms with Crippen LogP contribution in [0.15, 0.2) is 243 Å². The number of hydrogen-bond donors (Lipinski definition) is 0. The minimum absolute atomic E-state index is 0.0460. The van der Waals surface area contributed by atoms with Gasteiger partial charge < -0.3 is 0 Å². The first-order valence-corrected chi connectivity index (χ1v) is 27.7. The molecule has 0 spiro atoms. The number of nitrogens with zero attached hydrogens (tertiary/aromatic N) is 5. The Kier molecular flexibility index (Phi) is 10.3. The molecule has 0 saturated carbocycles. The average molecular weight is 1240 g/mol. The van der Waals surface area contributed by atoms with Gasteiger partial charge in [0.05, 0.1) is 0 Å². The van der Waals surface area contributed by atoms with E-state index in [9.17, 15) is 8.22 Å². The van der Waals surface area contributed by atoms with Crippen molar-refractivity contribution >= 4 is 46.4 Å². The molecule has 13 rings (SSSR count). The maximum atomic E-state index is 10.0. The number of anilines is 4. The van der Waals surface area contributed by atoms with Crippen LogP contribution in [0.4, 0.5) is 22.9 Å². The monoisotopic (exact) mass is 1240 g/mol. The van der Waals surface area contributed by atoms with E-state index in [1.807, 2.05) is 158 Å². The van der Waals surface area contributed by atoms with Gasteiger partial charge in [-0.3, -0.25) is 0 Å². The molecule has 0 amide bonds. The molecule has 10 aromatic carbocycles. The molecule has 0 unspecified atom stereocenters. The van der Waals surface area contributed by atoms with E-state index in [1.54, 1.807) is 72.8 Å². The van der Waals surface area contributed by atoms with E-state index < -0.39 is 27.5 Å². The molecule has 0 radical (unpaired) electrons. The van der Waals surface area contributed by atoms with Crippen molar-refractivity contribution in [3.8, 4) is 67.5 Å². The quantitative estimate of drug-likeness (QED) is 0.0956. The summed E-state index contributed by atoms with van der Waals surface area (Å²) in [6.45, 7) is -2.06. The molecule has 3 heterocycles. The second-order valence-corrected chi connectivity index (χ2v) is 21.9. The normalized spacial score (nSPS) is 15.0. The number of fused-ring (bicyclic) bond motifs is 2. The molecule has 1 aliphatic rings. The molecule has 396 valence electrons. The molecule has 81 heavy (non-hydrogen) atoms. The predicted molar refractivity (Wildman–Crippen MR) is 331 cm³/mol. The Balaban J connectivity index is 1.03. The second kappa shape index (κ2) is 21.2. The summed E-state index contributed by atoms with van der Waals surface area (Å²) in [5, 5.41) is 0. The fourth-order valence-electron chi connectivity index (χ4n) is 10.9. The zero-order valence-electron chi connectivity index (χ0n) is 56.4. The van der Waals surface area contributed by atoms with Gasteiger partial charge in [0.25, 0.3) is 0 Å². The first-order valence-electron chi connectivity index (χ1n) is 32.6. The number of aromatic nitrogens is 3. The Labute approximate surface area is 503 Å². The summed E-state index contributed by atoms with van der Waals surface area (Å²) in [5.74, 6) is 0.320. The second-order valence-electron chi connectivity index (χ2n) is 20.9. The van der Waals surface area contributed by atoms with Gasteiger partial charge in [-0.25, -0.2) is 0 Å². The number of pyridine rings is 1. The van der Waals surface area contributed by atoms with Crippen molar-refractivity contribution < 1.29 is 40.5 Å². The van der Waals surface area contributed by atoms with Crippen LogP contribution in [0.25, 0.3) is 66.9 Å². The van der Waals surface area contributed by atoms with Crippen LogP contribution in [-0.2, 0) is 24.8 Å². The molecule has 0 bridgehead atoms. The number of benzene rings is 10. The van der Waals surface area contributed by atoms with Gasteiger partial charge in [-0.2, -0.15) is 12.1 Å². The zero-order valence-corrected chi connectivity index (χ0v) is 46.7. The van der Waals surface area contributed by atoms with Crippen LogP contribution in [0.1, 0.15) is 59.5 Å². The average Bonchev–Trinajstić information content (AvgIpc) is 1.67. The van der Waals surface area contributed by atoms with Gasteiger partial charge in [-0.05, 0) is 24.5 Å². The Morgan fingerprint density at radius 2 is 1.23 bits per heavy atom. The fourth-order valence-corrected chi connectivity index (χ4v) is 11.9. The van der Waals surface area contributed by atoms with Crippen LogP contribution < -0.4 is 19.8 Å². The first-order chi connectivity index (χ1) is 44.3. The number of hydrogen-bond acceptors (Lipinski definition) is 4. The third kappa shape index (κ3) is 9.66. The van der Waals surface area contributed by atoms with Crippen molar-refractivity contribution in [2.45, 2.75) is 46.7 Å². The van der Waals surface area contributed by atoms with Crippen molar-refractivity contribution in [3.05, 3.63) is 281 Å². The molecule has 12 aromatic rings. The molecule has 0 N–H and O–H groups in total. The summed E-state index contributed by atoms with van der Waals surface area (Å²) in [6.07, 6.45) is 0. The summed E-state index contributed by atoms with van der Waals surface area (Å²) < 4.78 is 119. The molecule has 0 atom stereocenters. The summed E-state index contributed by atoms with van der Waals surface area (Å²) >= 11 is 2.23. The van der Waals surface area contributed by atoms with Crippen LogP contribution in [0.2, 0.25) is 0 Å².